The first kappa shape index (κ1) is 22.7. The van der Waals surface area contributed by atoms with Gasteiger partial charge in [0.15, 0.2) is 0 Å². The number of nitrogens with zero attached hydrogens (tertiary/aromatic N) is 3. The van der Waals surface area contributed by atoms with Crippen molar-refractivity contribution < 1.29 is 18.7 Å². The molecule has 180 valence electrons. The summed E-state index contributed by atoms with van der Waals surface area (Å²) in [5.74, 6) is -0.482. The molecule has 0 saturated carbocycles. The highest BCUT2D eigenvalue weighted by Gasteiger charge is 2.43. The average molecular weight is 466 g/mol. The average Bonchev–Trinajstić information content (AvgIpc) is 2.88. The van der Waals surface area contributed by atoms with Crippen LogP contribution < -0.4 is 9.80 Å². The number of piperidine rings is 1. The summed E-state index contributed by atoms with van der Waals surface area (Å²) >= 11 is 0. The van der Waals surface area contributed by atoms with Gasteiger partial charge < -0.3 is 19.4 Å². The molecule has 2 aromatic rings. The molecule has 0 bridgehead atoms. The van der Waals surface area contributed by atoms with Crippen LogP contribution in [0.1, 0.15) is 25.3 Å². The Kier molecular flexibility index (Phi) is 6.44. The van der Waals surface area contributed by atoms with Crippen molar-refractivity contribution in [1.82, 2.24) is 4.90 Å². The maximum absolute atomic E-state index is 13.8. The SMILES string of the molecule is CCOC(=O)C1CCN(C(=O)C2Cc3ccccc3N3CCN(c4ccc(F)cc4)CC23)CC1. The Balaban J connectivity index is 1.35. The maximum atomic E-state index is 13.8. The topological polar surface area (TPSA) is 53.1 Å². The highest BCUT2D eigenvalue weighted by atomic mass is 19.1. The lowest BCUT2D eigenvalue weighted by Crippen LogP contribution is -2.62. The van der Waals surface area contributed by atoms with Gasteiger partial charge in [0.1, 0.15) is 5.82 Å². The Labute approximate surface area is 200 Å². The molecule has 2 aromatic carbocycles. The van der Waals surface area contributed by atoms with E-state index in [1.807, 2.05) is 30.0 Å². The molecule has 5 rings (SSSR count). The van der Waals surface area contributed by atoms with E-state index in [-0.39, 0.29) is 35.6 Å². The third-order valence-electron chi connectivity index (χ3n) is 7.56. The fourth-order valence-corrected chi connectivity index (χ4v) is 5.76. The van der Waals surface area contributed by atoms with Crippen LogP contribution in [0.4, 0.5) is 15.8 Å². The number of amides is 1. The van der Waals surface area contributed by atoms with Gasteiger partial charge in [-0.1, -0.05) is 18.2 Å². The zero-order valence-corrected chi connectivity index (χ0v) is 19.7. The molecule has 2 unspecified atom stereocenters. The van der Waals surface area contributed by atoms with Gasteiger partial charge >= 0.3 is 5.97 Å². The van der Waals surface area contributed by atoms with Crippen molar-refractivity contribution in [1.29, 1.82) is 0 Å². The molecular weight excluding hydrogens is 433 g/mol. The molecular formula is C27H32FN3O3. The molecule has 6 nitrogen and oxygen atoms in total. The second-order valence-electron chi connectivity index (χ2n) is 9.47. The van der Waals surface area contributed by atoms with Gasteiger partial charge in [0.05, 0.1) is 24.5 Å². The van der Waals surface area contributed by atoms with Crippen molar-refractivity contribution in [3.05, 3.63) is 59.9 Å². The molecule has 7 heteroatoms. The number of halogens is 1. The van der Waals surface area contributed by atoms with E-state index < -0.39 is 0 Å². The lowest BCUT2D eigenvalue weighted by molar-refractivity contribution is -0.152. The summed E-state index contributed by atoms with van der Waals surface area (Å²) in [6.07, 6.45) is 2.03. The zero-order valence-electron chi connectivity index (χ0n) is 19.7. The largest absolute Gasteiger partial charge is 0.466 e. The molecule has 2 fully saturated rings. The Bertz CT molecular complexity index is 1040. The Hall–Kier alpha value is -3.09. The van der Waals surface area contributed by atoms with Crippen molar-refractivity contribution in [2.75, 3.05) is 49.1 Å². The maximum Gasteiger partial charge on any atom is 0.309 e. The number of carbonyl (C=O) groups excluding carboxylic acids is 2. The normalized spacial score (nSPS) is 22.7. The first-order valence-corrected chi connectivity index (χ1v) is 12.4. The summed E-state index contributed by atoms with van der Waals surface area (Å²) in [6.45, 7) is 5.75. The molecule has 1 amide bonds. The number of fused-ring (bicyclic) bond motifs is 3. The summed E-state index contributed by atoms with van der Waals surface area (Å²) in [6, 6.07) is 15.1. The van der Waals surface area contributed by atoms with E-state index in [0.29, 0.717) is 39.0 Å². The van der Waals surface area contributed by atoms with Gasteiger partial charge in [-0.15, -0.1) is 0 Å². The minimum Gasteiger partial charge on any atom is -0.466 e. The molecule has 0 N–H and O–H groups in total. The van der Waals surface area contributed by atoms with E-state index in [0.717, 1.165) is 25.3 Å². The van der Waals surface area contributed by atoms with Gasteiger partial charge in [-0.2, -0.15) is 0 Å². The van der Waals surface area contributed by atoms with Crippen LogP contribution in [0.25, 0.3) is 0 Å². The minimum absolute atomic E-state index is 0.0454. The van der Waals surface area contributed by atoms with Crippen LogP contribution in [-0.2, 0) is 20.7 Å². The molecule has 3 aliphatic rings. The summed E-state index contributed by atoms with van der Waals surface area (Å²) in [5.41, 5.74) is 3.42. The Morgan fingerprint density at radius 3 is 2.47 bits per heavy atom. The summed E-state index contributed by atoms with van der Waals surface area (Å²) in [7, 11) is 0. The van der Waals surface area contributed by atoms with Crippen LogP contribution in [-0.4, -0.2) is 62.1 Å². The van der Waals surface area contributed by atoms with Crippen molar-refractivity contribution in [3.63, 3.8) is 0 Å². The first-order chi connectivity index (χ1) is 16.5. The quantitative estimate of drug-likeness (QED) is 0.647. The highest BCUT2D eigenvalue weighted by Crippen LogP contribution is 2.38. The van der Waals surface area contributed by atoms with E-state index >= 15 is 0 Å². The Morgan fingerprint density at radius 2 is 1.74 bits per heavy atom. The monoisotopic (exact) mass is 465 g/mol. The van der Waals surface area contributed by atoms with Crippen molar-refractivity contribution in [3.8, 4) is 0 Å². The molecule has 0 aliphatic carbocycles. The summed E-state index contributed by atoms with van der Waals surface area (Å²) in [5, 5.41) is 0. The molecule has 3 aliphatic heterocycles. The van der Waals surface area contributed by atoms with Crippen LogP contribution in [0.15, 0.2) is 48.5 Å². The predicted octanol–water partition coefficient (Wildman–Crippen LogP) is 3.49. The van der Waals surface area contributed by atoms with Crippen molar-refractivity contribution in [2.24, 2.45) is 11.8 Å². The van der Waals surface area contributed by atoms with Gasteiger partial charge in [-0.3, -0.25) is 9.59 Å². The number of benzene rings is 2. The molecule has 3 heterocycles. The number of piperazine rings is 1. The standard InChI is InChI=1S/C27H32FN3O3/c1-2-34-27(33)19-11-13-29(14-12-19)26(32)23-17-20-5-3-4-6-24(20)31-16-15-30(18-25(23)31)22-9-7-21(28)8-10-22/h3-10,19,23,25H,2,11-18H2,1H3. The van der Waals surface area contributed by atoms with Crippen LogP contribution in [0, 0.1) is 17.7 Å². The highest BCUT2D eigenvalue weighted by molar-refractivity contribution is 5.83. The molecule has 0 radical (unpaired) electrons. The number of hydrogen-bond acceptors (Lipinski definition) is 5. The molecule has 0 aromatic heterocycles. The van der Waals surface area contributed by atoms with E-state index in [9.17, 15) is 14.0 Å². The molecule has 2 saturated heterocycles. The van der Waals surface area contributed by atoms with Crippen molar-refractivity contribution in [2.45, 2.75) is 32.2 Å². The number of likely N-dealkylation sites (tertiary alicyclic amines) is 1. The third-order valence-corrected chi connectivity index (χ3v) is 7.56. The minimum atomic E-state index is -0.242. The summed E-state index contributed by atoms with van der Waals surface area (Å²) < 4.78 is 18.7. The smallest absolute Gasteiger partial charge is 0.309 e. The van der Waals surface area contributed by atoms with Crippen molar-refractivity contribution >= 4 is 23.3 Å². The van der Waals surface area contributed by atoms with Crippen LogP contribution in [0.5, 0.6) is 0 Å². The van der Waals surface area contributed by atoms with Crippen LogP contribution in [0.2, 0.25) is 0 Å². The third kappa shape index (κ3) is 4.36. The van der Waals surface area contributed by atoms with E-state index in [1.165, 1.54) is 23.4 Å². The molecule has 0 spiro atoms. The number of hydrogen-bond donors (Lipinski definition) is 0. The second kappa shape index (κ2) is 9.65. The number of carbonyl (C=O) groups is 2. The van der Waals surface area contributed by atoms with Gasteiger partial charge in [0.2, 0.25) is 5.91 Å². The fraction of sp³-hybridized carbons (Fsp3) is 0.481. The number of anilines is 2. The van der Waals surface area contributed by atoms with Gasteiger partial charge in [-0.25, -0.2) is 4.39 Å². The lowest BCUT2D eigenvalue weighted by atomic mass is 9.82. The number of rotatable bonds is 4. The first-order valence-electron chi connectivity index (χ1n) is 12.4. The lowest BCUT2D eigenvalue weighted by Gasteiger charge is -2.50. The Morgan fingerprint density at radius 1 is 1.00 bits per heavy atom. The van der Waals surface area contributed by atoms with Gasteiger partial charge in [0, 0.05) is 44.1 Å². The zero-order chi connectivity index (χ0) is 23.7. The molecule has 2 atom stereocenters. The fourth-order valence-electron chi connectivity index (χ4n) is 5.76. The number of esters is 1. The number of ether oxygens (including phenoxy) is 1. The van der Waals surface area contributed by atoms with Crippen LogP contribution >= 0.6 is 0 Å². The number of para-hydroxylation sites is 1. The predicted molar refractivity (Wildman–Crippen MR) is 129 cm³/mol. The van der Waals surface area contributed by atoms with E-state index in [1.54, 1.807) is 0 Å². The molecule has 34 heavy (non-hydrogen) atoms. The second-order valence-corrected chi connectivity index (χ2v) is 9.47. The summed E-state index contributed by atoms with van der Waals surface area (Å²) in [4.78, 5) is 32.6. The van der Waals surface area contributed by atoms with Crippen LogP contribution in [0.3, 0.4) is 0 Å². The van der Waals surface area contributed by atoms with Gasteiger partial charge in [0.25, 0.3) is 0 Å². The van der Waals surface area contributed by atoms with Gasteiger partial charge in [-0.05, 0) is 62.1 Å². The van der Waals surface area contributed by atoms with E-state index in [2.05, 4.69) is 28.0 Å². The van der Waals surface area contributed by atoms with E-state index in [4.69, 9.17) is 4.74 Å².